The zero-order chi connectivity index (χ0) is 17.4. The molecule has 1 aromatic heterocycles. The monoisotopic (exact) mass is 346 g/mol. The van der Waals surface area contributed by atoms with E-state index >= 15 is 0 Å². The fourth-order valence-electron chi connectivity index (χ4n) is 4.85. The molecule has 25 heavy (non-hydrogen) atoms. The molecular formula is C19H30N4O2. The lowest BCUT2D eigenvalue weighted by Gasteiger charge is -2.50. The van der Waals surface area contributed by atoms with E-state index < -0.39 is 5.97 Å². The van der Waals surface area contributed by atoms with Gasteiger partial charge in [0.1, 0.15) is 0 Å². The van der Waals surface area contributed by atoms with Crippen LogP contribution >= 0.6 is 0 Å². The van der Waals surface area contributed by atoms with Gasteiger partial charge in [0.05, 0.1) is 0 Å². The summed E-state index contributed by atoms with van der Waals surface area (Å²) >= 11 is 0. The molecule has 1 aromatic rings. The molecule has 1 N–H and O–H groups in total. The lowest BCUT2D eigenvalue weighted by atomic mass is 9.87. The van der Waals surface area contributed by atoms with E-state index in [9.17, 15) is 9.90 Å². The van der Waals surface area contributed by atoms with Gasteiger partial charge in [-0.3, -0.25) is 14.5 Å². The largest absolute Gasteiger partial charge is 0.476 e. The molecule has 0 amide bonds. The molecule has 2 saturated heterocycles. The quantitative estimate of drug-likeness (QED) is 0.884. The van der Waals surface area contributed by atoms with Crippen molar-refractivity contribution in [2.45, 2.75) is 70.5 Å². The summed E-state index contributed by atoms with van der Waals surface area (Å²) in [7, 11) is 0. The number of carboxylic acid groups (broad SMARTS) is 1. The van der Waals surface area contributed by atoms with Gasteiger partial charge in [-0.25, -0.2) is 4.79 Å². The molecule has 2 aliphatic heterocycles. The Balaban J connectivity index is 1.42. The molecule has 2 fully saturated rings. The normalized spacial score (nSPS) is 25.6. The molecule has 0 aromatic carbocycles. The van der Waals surface area contributed by atoms with E-state index in [1.54, 1.807) is 0 Å². The molecular weight excluding hydrogens is 316 g/mol. The first kappa shape index (κ1) is 17.0. The number of carbonyl (C=O) groups is 1. The minimum absolute atomic E-state index is 0.293. The number of rotatable bonds is 5. The Kier molecular flexibility index (Phi) is 4.82. The highest BCUT2D eigenvalue weighted by Gasteiger charge is 2.39. The number of piperidine rings is 1. The molecule has 0 spiro atoms. The van der Waals surface area contributed by atoms with Gasteiger partial charge in [-0.15, -0.1) is 0 Å². The lowest BCUT2D eigenvalue weighted by Crippen LogP contribution is -2.63. The van der Waals surface area contributed by atoms with Crippen LogP contribution < -0.4 is 0 Å². The highest BCUT2D eigenvalue weighted by Crippen LogP contribution is 2.31. The number of fused-ring (bicyclic) bond motifs is 1. The summed E-state index contributed by atoms with van der Waals surface area (Å²) < 4.78 is 1.95. The van der Waals surface area contributed by atoms with Crippen LogP contribution in [0.4, 0.5) is 0 Å². The summed E-state index contributed by atoms with van der Waals surface area (Å²) in [5.74, 6) is -0.874. The fraction of sp³-hybridized carbons (Fsp3) is 0.789. The SMILES string of the molecule is CCCn1nc(C(=O)O)c2c1CCC(N1CC(N3CCCCC3)C1)C2. The lowest BCUT2D eigenvalue weighted by molar-refractivity contribution is -0.00704. The second-order valence-electron chi connectivity index (χ2n) is 7.90. The van der Waals surface area contributed by atoms with Crippen LogP contribution in [0.15, 0.2) is 0 Å². The summed E-state index contributed by atoms with van der Waals surface area (Å²) in [5.41, 5.74) is 2.46. The Labute approximate surface area is 149 Å². The fourth-order valence-corrected chi connectivity index (χ4v) is 4.85. The standard InChI is InChI=1S/C19H30N4O2/c1-2-8-23-17-7-6-14(11-16(17)18(20-23)19(24)25)22-12-15(13-22)21-9-4-3-5-10-21/h14-15H,2-13H2,1H3,(H,24,25). The maximum Gasteiger partial charge on any atom is 0.356 e. The number of likely N-dealkylation sites (tertiary alicyclic amines) is 2. The third-order valence-electron chi connectivity index (χ3n) is 6.27. The molecule has 0 radical (unpaired) electrons. The van der Waals surface area contributed by atoms with Gasteiger partial charge >= 0.3 is 5.97 Å². The van der Waals surface area contributed by atoms with Crippen LogP contribution in [-0.4, -0.2) is 68.9 Å². The van der Waals surface area contributed by atoms with E-state index in [4.69, 9.17) is 0 Å². The number of carboxylic acids is 1. The molecule has 6 nitrogen and oxygen atoms in total. The zero-order valence-electron chi connectivity index (χ0n) is 15.3. The maximum absolute atomic E-state index is 11.6. The average molecular weight is 346 g/mol. The van der Waals surface area contributed by atoms with Crippen molar-refractivity contribution in [2.24, 2.45) is 0 Å². The highest BCUT2D eigenvalue weighted by atomic mass is 16.4. The Hall–Kier alpha value is -1.40. The predicted molar refractivity (Wildman–Crippen MR) is 96.1 cm³/mol. The summed E-state index contributed by atoms with van der Waals surface area (Å²) in [6.45, 7) is 7.78. The van der Waals surface area contributed by atoms with Crippen molar-refractivity contribution in [1.82, 2.24) is 19.6 Å². The van der Waals surface area contributed by atoms with Crippen molar-refractivity contribution in [3.63, 3.8) is 0 Å². The van der Waals surface area contributed by atoms with Gasteiger partial charge in [0.15, 0.2) is 5.69 Å². The highest BCUT2D eigenvalue weighted by molar-refractivity contribution is 5.87. The number of hydrogen-bond donors (Lipinski definition) is 1. The molecule has 1 unspecified atom stereocenters. The van der Waals surface area contributed by atoms with E-state index in [1.165, 1.54) is 38.0 Å². The van der Waals surface area contributed by atoms with Gasteiger partial charge < -0.3 is 5.11 Å². The van der Waals surface area contributed by atoms with E-state index in [0.717, 1.165) is 56.9 Å². The number of hydrogen-bond acceptors (Lipinski definition) is 4. The van der Waals surface area contributed by atoms with Crippen molar-refractivity contribution in [2.75, 3.05) is 26.2 Å². The minimum atomic E-state index is -0.874. The van der Waals surface area contributed by atoms with E-state index in [0.29, 0.717) is 11.7 Å². The first-order chi connectivity index (χ1) is 12.2. The second kappa shape index (κ2) is 7.08. The van der Waals surface area contributed by atoms with Crippen molar-refractivity contribution < 1.29 is 9.90 Å². The van der Waals surface area contributed by atoms with Gasteiger partial charge in [-0.2, -0.15) is 5.10 Å². The average Bonchev–Trinajstić information content (AvgIpc) is 2.93. The van der Waals surface area contributed by atoms with Crippen LogP contribution in [0.2, 0.25) is 0 Å². The van der Waals surface area contributed by atoms with Gasteiger partial charge in [-0.1, -0.05) is 13.3 Å². The van der Waals surface area contributed by atoms with Crippen LogP contribution in [0.25, 0.3) is 0 Å². The third kappa shape index (κ3) is 3.22. The van der Waals surface area contributed by atoms with Gasteiger partial charge in [-0.05, 0) is 51.6 Å². The topological polar surface area (TPSA) is 61.6 Å². The van der Waals surface area contributed by atoms with E-state index in [-0.39, 0.29) is 0 Å². The minimum Gasteiger partial charge on any atom is -0.476 e. The molecule has 4 rings (SSSR count). The summed E-state index contributed by atoms with van der Waals surface area (Å²) in [4.78, 5) is 16.9. The maximum atomic E-state index is 11.6. The smallest absolute Gasteiger partial charge is 0.356 e. The van der Waals surface area contributed by atoms with Crippen LogP contribution in [0.5, 0.6) is 0 Å². The predicted octanol–water partition coefficient (Wildman–Crippen LogP) is 2.02. The molecule has 0 bridgehead atoms. The number of nitrogens with zero attached hydrogens (tertiary/aromatic N) is 4. The Bertz CT molecular complexity index is 630. The Morgan fingerprint density at radius 1 is 1.16 bits per heavy atom. The Morgan fingerprint density at radius 2 is 1.92 bits per heavy atom. The number of aryl methyl sites for hydroxylation is 1. The summed E-state index contributed by atoms with van der Waals surface area (Å²) in [5, 5.41) is 13.9. The van der Waals surface area contributed by atoms with Gasteiger partial charge in [0.2, 0.25) is 0 Å². The number of aromatic carboxylic acids is 1. The van der Waals surface area contributed by atoms with E-state index in [2.05, 4.69) is 21.8 Å². The first-order valence-electron chi connectivity index (χ1n) is 9.97. The molecule has 6 heteroatoms. The van der Waals surface area contributed by atoms with Crippen molar-refractivity contribution in [3.8, 4) is 0 Å². The molecule has 1 atom stereocenters. The van der Waals surface area contributed by atoms with Crippen LogP contribution in [0.1, 0.15) is 60.8 Å². The van der Waals surface area contributed by atoms with Crippen LogP contribution in [0.3, 0.4) is 0 Å². The van der Waals surface area contributed by atoms with Crippen molar-refractivity contribution in [3.05, 3.63) is 17.0 Å². The summed E-state index contributed by atoms with van der Waals surface area (Å²) in [6, 6.07) is 1.22. The van der Waals surface area contributed by atoms with Gasteiger partial charge in [0, 0.05) is 43.0 Å². The van der Waals surface area contributed by atoms with Crippen molar-refractivity contribution in [1.29, 1.82) is 0 Å². The summed E-state index contributed by atoms with van der Waals surface area (Å²) in [6.07, 6.45) is 8.02. The van der Waals surface area contributed by atoms with Gasteiger partial charge in [0.25, 0.3) is 0 Å². The van der Waals surface area contributed by atoms with Crippen LogP contribution in [0, 0.1) is 0 Å². The third-order valence-corrected chi connectivity index (χ3v) is 6.27. The second-order valence-corrected chi connectivity index (χ2v) is 7.90. The van der Waals surface area contributed by atoms with Crippen LogP contribution in [-0.2, 0) is 19.4 Å². The first-order valence-corrected chi connectivity index (χ1v) is 9.97. The Morgan fingerprint density at radius 3 is 2.60 bits per heavy atom. The zero-order valence-corrected chi connectivity index (χ0v) is 15.3. The molecule has 138 valence electrons. The number of aromatic nitrogens is 2. The molecule has 3 aliphatic rings. The van der Waals surface area contributed by atoms with E-state index in [1.807, 2.05) is 4.68 Å². The molecule has 1 aliphatic carbocycles. The molecule has 3 heterocycles. The van der Waals surface area contributed by atoms with Crippen molar-refractivity contribution >= 4 is 5.97 Å². The molecule has 0 saturated carbocycles.